The Balaban J connectivity index is 2.85. The number of phenols is 1. The third kappa shape index (κ3) is 5.37. The van der Waals surface area contributed by atoms with Gasteiger partial charge >= 0.3 is 0 Å². The van der Waals surface area contributed by atoms with E-state index in [1.165, 1.54) is 60.8 Å². The molecule has 120 valence electrons. The number of aromatic hydroxyl groups is 1. The average molecular weight is 290 g/mol. The zero-order valence-corrected chi connectivity index (χ0v) is 14.6. The normalized spacial score (nSPS) is 11.0. The molecule has 0 radical (unpaired) electrons. The molecule has 0 unspecified atom stereocenters. The molecule has 1 N–H and O–H groups in total. The molecule has 0 saturated carbocycles. The molecule has 0 aliphatic rings. The van der Waals surface area contributed by atoms with Gasteiger partial charge in [-0.1, -0.05) is 59.3 Å². The summed E-state index contributed by atoms with van der Waals surface area (Å²) in [5.74, 6) is 0.534. The van der Waals surface area contributed by atoms with Gasteiger partial charge in [0.15, 0.2) is 0 Å². The van der Waals surface area contributed by atoms with Crippen molar-refractivity contribution in [3.63, 3.8) is 0 Å². The van der Waals surface area contributed by atoms with Gasteiger partial charge in [-0.25, -0.2) is 0 Å². The first kappa shape index (κ1) is 18.1. The van der Waals surface area contributed by atoms with Gasteiger partial charge in [0.25, 0.3) is 0 Å². The van der Waals surface area contributed by atoms with Crippen molar-refractivity contribution in [3.05, 3.63) is 28.3 Å². The minimum absolute atomic E-state index is 0.534. The van der Waals surface area contributed by atoms with Crippen LogP contribution in [0.1, 0.15) is 88.0 Å². The monoisotopic (exact) mass is 290 g/mol. The van der Waals surface area contributed by atoms with Crippen molar-refractivity contribution in [2.24, 2.45) is 0 Å². The van der Waals surface area contributed by atoms with Crippen LogP contribution in [-0.4, -0.2) is 5.11 Å². The van der Waals surface area contributed by atoms with E-state index in [0.29, 0.717) is 5.75 Å². The standard InChI is InChI=1S/C20H34O/c1-5-8-9-10-11-14-19-16(4)18(13-7-3)17(12-6-2)15-20(19)21/h15,21H,5-14H2,1-4H3. The highest BCUT2D eigenvalue weighted by Crippen LogP contribution is 2.31. The van der Waals surface area contributed by atoms with Crippen LogP contribution in [0, 0.1) is 6.92 Å². The number of phenolic OH excluding ortho intramolecular Hbond substituents is 1. The minimum Gasteiger partial charge on any atom is -0.508 e. The Bertz CT molecular complexity index is 420. The summed E-state index contributed by atoms with van der Waals surface area (Å²) in [4.78, 5) is 0. The number of aryl methyl sites for hydroxylation is 1. The number of hydrogen-bond donors (Lipinski definition) is 1. The van der Waals surface area contributed by atoms with Crippen molar-refractivity contribution < 1.29 is 5.11 Å². The number of rotatable bonds is 10. The molecule has 0 aliphatic carbocycles. The van der Waals surface area contributed by atoms with Crippen molar-refractivity contribution in [1.82, 2.24) is 0 Å². The predicted octanol–water partition coefficient (Wildman–Crippen LogP) is 6.12. The summed E-state index contributed by atoms with van der Waals surface area (Å²) in [6.07, 6.45) is 12.0. The molecule has 0 aromatic heterocycles. The fourth-order valence-corrected chi connectivity index (χ4v) is 3.27. The lowest BCUT2D eigenvalue weighted by Crippen LogP contribution is -2.03. The molecule has 0 bridgehead atoms. The minimum atomic E-state index is 0.534. The Labute approximate surface area is 131 Å². The molecule has 0 amide bonds. The van der Waals surface area contributed by atoms with E-state index in [9.17, 15) is 5.11 Å². The largest absolute Gasteiger partial charge is 0.508 e. The maximum absolute atomic E-state index is 10.4. The zero-order valence-electron chi connectivity index (χ0n) is 14.6. The quantitative estimate of drug-likeness (QED) is 0.515. The van der Waals surface area contributed by atoms with Gasteiger partial charge in [-0.2, -0.15) is 0 Å². The number of hydrogen-bond acceptors (Lipinski definition) is 1. The number of unbranched alkanes of at least 4 members (excludes halogenated alkanes) is 4. The van der Waals surface area contributed by atoms with Crippen LogP contribution >= 0.6 is 0 Å². The summed E-state index contributed by atoms with van der Waals surface area (Å²) in [5, 5.41) is 10.4. The molecule has 21 heavy (non-hydrogen) atoms. The highest BCUT2D eigenvalue weighted by Gasteiger charge is 2.13. The Morgan fingerprint density at radius 1 is 0.762 bits per heavy atom. The van der Waals surface area contributed by atoms with Crippen molar-refractivity contribution in [2.45, 2.75) is 91.9 Å². The molecule has 1 nitrogen and oxygen atoms in total. The summed E-state index contributed by atoms with van der Waals surface area (Å²) in [7, 11) is 0. The van der Waals surface area contributed by atoms with Crippen molar-refractivity contribution in [3.8, 4) is 5.75 Å². The maximum atomic E-state index is 10.4. The van der Waals surface area contributed by atoms with Gasteiger partial charge in [0.05, 0.1) is 0 Å². The van der Waals surface area contributed by atoms with Gasteiger partial charge in [-0.15, -0.1) is 0 Å². The fraction of sp³-hybridized carbons (Fsp3) is 0.700. The molecule has 0 aliphatic heterocycles. The van der Waals surface area contributed by atoms with Gasteiger partial charge in [-0.05, 0) is 60.9 Å². The summed E-state index contributed by atoms with van der Waals surface area (Å²) in [5.41, 5.74) is 5.43. The number of benzene rings is 1. The van der Waals surface area contributed by atoms with Crippen LogP contribution in [-0.2, 0) is 19.3 Å². The third-order valence-electron chi connectivity index (χ3n) is 4.46. The predicted molar refractivity (Wildman–Crippen MR) is 93.3 cm³/mol. The van der Waals surface area contributed by atoms with Gasteiger partial charge in [0.2, 0.25) is 0 Å². The molecule has 1 rings (SSSR count). The maximum Gasteiger partial charge on any atom is 0.119 e. The molecule has 0 atom stereocenters. The van der Waals surface area contributed by atoms with Crippen molar-refractivity contribution >= 4 is 0 Å². The van der Waals surface area contributed by atoms with E-state index in [0.717, 1.165) is 25.7 Å². The summed E-state index contributed by atoms with van der Waals surface area (Å²) in [6, 6.07) is 2.04. The van der Waals surface area contributed by atoms with Crippen LogP contribution < -0.4 is 0 Å². The molecule has 0 saturated heterocycles. The highest BCUT2D eigenvalue weighted by molar-refractivity contribution is 5.49. The van der Waals surface area contributed by atoms with Crippen molar-refractivity contribution in [1.29, 1.82) is 0 Å². The molecule has 1 aromatic rings. The summed E-state index contributed by atoms with van der Waals surface area (Å²) >= 11 is 0. The van der Waals surface area contributed by atoms with Gasteiger partial charge < -0.3 is 5.11 Å². The van der Waals surface area contributed by atoms with E-state index >= 15 is 0 Å². The van der Waals surface area contributed by atoms with Crippen LogP contribution in [0.2, 0.25) is 0 Å². The van der Waals surface area contributed by atoms with Gasteiger partial charge in [0.1, 0.15) is 5.75 Å². The Hall–Kier alpha value is -0.980. The molecular formula is C20H34O. The molecule has 0 spiro atoms. The molecule has 1 aromatic carbocycles. The first-order valence-electron chi connectivity index (χ1n) is 8.98. The second kappa shape index (κ2) is 9.87. The van der Waals surface area contributed by atoms with Crippen LogP contribution in [0.15, 0.2) is 6.07 Å². The topological polar surface area (TPSA) is 20.2 Å². The summed E-state index contributed by atoms with van der Waals surface area (Å²) in [6.45, 7) is 8.92. The summed E-state index contributed by atoms with van der Waals surface area (Å²) < 4.78 is 0. The van der Waals surface area contributed by atoms with Crippen LogP contribution in [0.5, 0.6) is 5.75 Å². The van der Waals surface area contributed by atoms with E-state index in [1.54, 1.807) is 0 Å². The third-order valence-corrected chi connectivity index (χ3v) is 4.46. The smallest absolute Gasteiger partial charge is 0.119 e. The zero-order chi connectivity index (χ0) is 15.7. The van der Waals surface area contributed by atoms with E-state index in [2.05, 4.69) is 27.7 Å². The SMILES string of the molecule is CCCCCCCc1c(O)cc(CCC)c(CCC)c1C. The van der Waals surface area contributed by atoms with Crippen molar-refractivity contribution in [2.75, 3.05) is 0 Å². The van der Waals surface area contributed by atoms with E-state index < -0.39 is 0 Å². The van der Waals surface area contributed by atoms with E-state index in [-0.39, 0.29) is 0 Å². The molecule has 0 heterocycles. The second-order valence-corrected chi connectivity index (χ2v) is 6.30. The average Bonchev–Trinajstić information content (AvgIpc) is 2.46. The molecule has 1 heteroatoms. The van der Waals surface area contributed by atoms with Crippen LogP contribution in [0.25, 0.3) is 0 Å². The Kier molecular flexibility index (Phi) is 8.49. The first-order chi connectivity index (χ1) is 10.2. The van der Waals surface area contributed by atoms with Gasteiger partial charge in [-0.3, -0.25) is 0 Å². The molecular weight excluding hydrogens is 256 g/mol. The second-order valence-electron chi connectivity index (χ2n) is 6.30. The Morgan fingerprint density at radius 3 is 2.05 bits per heavy atom. The van der Waals surface area contributed by atoms with Gasteiger partial charge in [0, 0.05) is 0 Å². The lowest BCUT2D eigenvalue weighted by Gasteiger charge is -2.18. The Morgan fingerprint density at radius 2 is 1.43 bits per heavy atom. The fourth-order valence-electron chi connectivity index (χ4n) is 3.27. The lowest BCUT2D eigenvalue weighted by molar-refractivity contribution is 0.463. The highest BCUT2D eigenvalue weighted by atomic mass is 16.3. The van der Waals surface area contributed by atoms with Crippen LogP contribution in [0.4, 0.5) is 0 Å². The van der Waals surface area contributed by atoms with Crippen LogP contribution in [0.3, 0.4) is 0 Å². The van der Waals surface area contributed by atoms with E-state index in [1.807, 2.05) is 6.07 Å². The first-order valence-corrected chi connectivity index (χ1v) is 8.98. The lowest BCUT2D eigenvalue weighted by atomic mass is 9.89. The van der Waals surface area contributed by atoms with E-state index in [4.69, 9.17) is 0 Å². The molecule has 0 fully saturated rings.